The van der Waals surface area contributed by atoms with Crippen molar-refractivity contribution in [1.82, 2.24) is 20.4 Å². The van der Waals surface area contributed by atoms with E-state index >= 15 is 0 Å². The van der Waals surface area contributed by atoms with E-state index in [0.717, 1.165) is 44.3 Å². The van der Waals surface area contributed by atoms with E-state index in [9.17, 15) is 19.6 Å². The van der Waals surface area contributed by atoms with Crippen LogP contribution in [0.1, 0.15) is 91.2 Å². The van der Waals surface area contributed by atoms with Gasteiger partial charge in [-0.15, -0.1) is 0 Å². The number of likely N-dealkylation sites (tertiary alicyclic amines) is 2. The zero-order valence-electron chi connectivity index (χ0n) is 25.2. The van der Waals surface area contributed by atoms with Gasteiger partial charge in [0.25, 0.3) is 0 Å². The van der Waals surface area contributed by atoms with Crippen LogP contribution in [0.2, 0.25) is 0 Å². The highest BCUT2D eigenvalue weighted by molar-refractivity contribution is 5.87. The summed E-state index contributed by atoms with van der Waals surface area (Å²) in [5, 5.41) is 15.7. The fourth-order valence-electron chi connectivity index (χ4n) is 5.64. The van der Waals surface area contributed by atoms with Gasteiger partial charge in [-0.05, 0) is 90.2 Å². The number of nitrogens with zero attached hydrogens (tertiary/aromatic N) is 3. The van der Waals surface area contributed by atoms with Crippen LogP contribution in [0.25, 0.3) is 0 Å². The lowest BCUT2D eigenvalue weighted by atomic mass is 9.86. The van der Waals surface area contributed by atoms with Crippen molar-refractivity contribution in [2.75, 3.05) is 13.1 Å². The first kappa shape index (κ1) is 31.3. The van der Waals surface area contributed by atoms with Crippen LogP contribution in [-0.4, -0.2) is 70.7 Å². The van der Waals surface area contributed by atoms with Crippen LogP contribution in [0.4, 0.5) is 9.59 Å². The smallest absolute Gasteiger partial charge is 0.411 e. The zero-order valence-corrected chi connectivity index (χ0v) is 25.2. The Labute approximate surface area is 239 Å². The third-order valence-corrected chi connectivity index (χ3v) is 7.78. The maximum absolute atomic E-state index is 13.4. The highest BCUT2D eigenvalue weighted by Crippen LogP contribution is 2.31. The van der Waals surface area contributed by atoms with Crippen LogP contribution in [0, 0.1) is 17.2 Å². The number of piperidine rings is 2. The summed E-state index contributed by atoms with van der Waals surface area (Å²) in [6.07, 6.45) is 3.31. The zero-order chi connectivity index (χ0) is 29.6. The van der Waals surface area contributed by atoms with Gasteiger partial charge in [-0.1, -0.05) is 31.2 Å². The van der Waals surface area contributed by atoms with Crippen molar-refractivity contribution in [3.05, 3.63) is 35.4 Å². The van der Waals surface area contributed by atoms with Gasteiger partial charge in [0.05, 0.1) is 6.07 Å². The number of rotatable bonds is 6. The van der Waals surface area contributed by atoms with Gasteiger partial charge in [0.1, 0.15) is 17.7 Å². The van der Waals surface area contributed by atoms with E-state index in [4.69, 9.17) is 4.74 Å². The van der Waals surface area contributed by atoms with Crippen molar-refractivity contribution < 1.29 is 19.1 Å². The molecule has 2 heterocycles. The van der Waals surface area contributed by atoms with Gasteiger partial charge >= 0.3 is 12.1 Å². The lowest BCUT2D eigenvalue weighted by Crippen LogP contribution is -2.60. The highest BCUT2D eigenvalue weighted by Gasteiger charge is 2.43. The highest BCUT2D eigenvalue weighted by atomic mass is 16.6. The fraction of sp³-hybridized carbons (Fsp3) is 0.677. The molecule has 2 saturated heterocycles. The quantitative estimate of drug-likeness (QED) is 0.517. The molecule has 0 bridgehead atoms. The van der Waals surface area contributed by atoms with Crippen LogP contribution >= 0.6 is 0 Å². The van der Waals surface area contributed by atoms with Crippen LogP contribution in [0.5, 0.6) is 0 Å². The standard InChI is InChI=1S/C31H47N5O4/c1-20(2)33-29(38)35-16-14-25(15-17-35)24-12-10-23(11-13-24)18-26(19-32)34-28(37)27-21(3)8-9-22(4)36(27)30(39)40-31(5,6)7/h10-13,20-22,25-27H,8-9,14-18H2,1-7H3,(H,33,38)(H,34,37)/t21-,22+,26+,27+/m1/s1. The normalized spacial score (nSPS) is 22.8. The fourth-order valence-corrected chi connectivity index (χ4v) is 5.64. The van der Waals surface area contributed by atoms with Crippen molar-refractivity contribution in [3.8, 4) is 6.07 Å². The molecule has 2 fully saturated rings. The summed E-state index contributed by atoms with van der Waals surface area (Å²) in [4.78, 5) is 42.2. The molecular formula is C31H47N5O4. The molecule has 1 aromatic carbocycles. The largest absolute Gasteiger partial charge is 0.444 e. The monoisotopic (exact) mass is 553 g/mol. The number of amides is 4. The number of benzene rings is 1. The van der Waals surface area contributed by atoms with Crippen LogP contribution < -0.4 is 10.6 Å². The van der Waals surface area contributed by atoms with E-state index in [1.165, 1.54) is 5.56 Å². The Kier molecular flexibility index (Phi) is 10.5. The Morgan fingerprint density at radius 3 is 2.20 bits per heavy atom. The number of urea groups is 1. The van der Waals surface area contributed by atoms with Gasteiger partial charge in [0, 0.05) is 31.6 Å². The molecule has 1 aromatic rings. The van der Waals surface area contributed by atoms with Gasteiger partial charge in [0.2, 0.25) is 5.91 Å². The number of ether oxygens (including phenoxy) is 1. The molecule has 40 heavy (non-hydrogen) atoms. The number of carbonyl (C=O) groups excluding carboxylic acids is 3. The molecule has 2 N–H and O–H groups in total. The average molecular weight is 554 g/mol. The molecule has 9 heteroatoms. The van der Waals surface area contributed by atoms with E-state index in [1.807, 2.05) is 65.5 Å². The third-order valence-electron chi connectivity index (χ3n) is 7.78. The first-order valence-electron chi connectivity index (χ1n) is 14.6. The van der Waals surface area contributed by atoms with Gasteiger partial charge in [0.15, 0.2) is 0 Å². The minimum Gasteiger partial charge on any atom is -0.444 e. The summed E-state index contributed by atoms with van der Waals surface area (Å²) in [5.41, 5.74) is 1.51. The van der Waals surface area contributed by atoms with E-state index in [1.54, 1.807) is 4.90 Å². The second-order valence-corrected chi connectivity index (χ2v) is 12.7. The Morgan fingerprint density at radius 1 is 1.02 bits per heavy atom. The predicted octanol–water partition coefficient (Wildman–Crippen LogP) is 4.96. The second-order valence-electron chi connectivity index (χ2n) is 12.7. The molecule has 4 amide bonds. The number of carbonyl (C=O) groups is 3. The summed E-state index contributed by atoms with van der Waals surface area (Å²) in [7, 11) is 0. The van der Waals surface area contributed by atoms with E-state index in [-0.39, 0.29) is 29.9 Å². The Hall–Kier alpha value is -3.28. The number of nitrogens with one attached hydrogen (secondary N) is 2. The minimum absolute atomic E-state index is 0.000293. The van der Waals surface area contributed by atoms with Crippen molar-refractivity contribution in [2.45, 2.75) is 116 Å². The molecule has 0 unspecified atom stereocenters. The first-order chi connectivity index (χ1) is 18.8. The van der Waals surface area contributed by atoms with Crippen LogP contribution in [-0.2, 0) is 16.0 Å². The number of nitriles is 1. The van der Waals surface area contributed by atoms with Crippen molar-refractivity contribution >= 4 is 18.0 Å². The van der Waals surface area contributed by atoms with Gasteiger partial charge < -0.3 is 20.3 Å². The van der Waals surface area contributed by atoms with Crippen LogP contribution in [0.3, 0.4) is 0 Å². The second kappa shape index (κ2) is 13.4. The molecule has 0 saturated carbocycles. The molecule has 220 valence electrons. The first-order valence-corrected chi connectivity index (χ1v) is 14.6. The number of hydrogen-bond donors (Lipinski definition) is 2. The molecule has 3 rings (SSSR count). The maximum Gasteiger partial charge on any atom is 0.411 e. The van der Waals surface area contributed by atoms with Crippen molar-refractivity contribution in [3.63, 3.8) is 0 Å². The van der Waals surface area contributed by atoms with E-state index in [2.05, 4.69) is 28.8 Å². The summed E-state index contributed by atoms with van der Waals surface area (Å²) >= 11 is 0. The Morgan fingerprint density at radius 2 is 1.65 bits per heavy atom. The Bertz CT molecular complexity index is 1070. The summed E-state index contributed by atoms with van der Waals surface area (Å²) in [5.74, 6) is 0.0174. The molecule has 2 aliphatic heterocycles. The predicted molar refractivity (Wildman–Crippen MR) is 155 cm³/mol. The van der Waals surface area contributed by atoms with Crippen molar-refractivity contribution in [2.24, 2.45) is 5.92 Å². The van der Waals surface area contributed by atoms with E-state index in [0.29, 0.717) is 12.3 Å². The van der Waals surface area contributed by atoms with Crippen LogP contribution in [0.15, 0.2) is 24.3 Å². The number of hydrogen-bond acceptors (Lipinski definition) is 5. The summed E-state index contributed by atoms with van der Waals surface area (Å²) < 4.78 is 5.62. The topological polar surface area (TPSA) is 115 Å². The summed E-state index contributed by atoms with van der Waals surface area (Å²) in [6, 6.07) is 9.03. The van der Waals surface area contributed by atoms with Gasteiger partial charge in [-0.25, -0.2) is 9.59 Å². The maximum atomic E-state index is 13.4. The molecule has 0 radical (unpaired) electrons. The molecule has 2 aliphatic rings. The third kappa shape index (κ3) is 8.36. The minimum atomic E-state index is -0.717. The lowest BCUT2D eigenvalue weighted by molar-refractivity contribution is -0.131. The molecule has 0 spiro atoms. The molecule has 9 nitrogen and oxygen atoms in total. The lowest BCUT2D eigenvalue weighted by Gasteiger charge is -2.43. The SMILES string of the molecule is CC(C)NC(=O)N1CCC(c2ccc(C[C@@H](C#N)NC(=O)[C@@H]3[C@H](C)CC[C@H](C)N3C(=O)OC(C)(C)C)cc2)CC1. The average Bonchev–Trinajstić information content (AvgIpc) is 2.88. The van der Waals surface area contributed by atoms with E-state index < -0.39 is 23.8 Å². The molecule has 4 atom stereocenters. The Balaban J connectivity index is 1.60. The van der Waals surface area contributed by atoms with Crippen molar-refractivity contribution in [1.29, 1.82) is 5.26 Å². The molecule has 0 aliphatic carbocycles. The molecule has 0 aromatic heterocycles. The van der Waals surface area contributed by atoms with Gasteiger partial charge in [-0.3, -0.25) is 9.69 Å². The van der Waals surface area contributed by atoms with Gasteiger partial charge in [-0.2, -0.15) is 5.26 Å². The molecular weight excluding hydrogens is 506 g/mol. The summed E-state index contributed by atoms with van der Waals surface area (Å²) in [6.45, 7) is 14.7.